The lowest BCUT2D eigenvalue weighted by Crippen LogP contribution is -2.43. The first-order valence-corrected chi connectivity index (χ1v) is 11.3. The zero-order valence-electron chi connectivity index (χ0n) is 16.6. The molecule has 0 bridgehead atoms. The molecule has 12 heteroatoms. The molecule has 1 aliphatic rings. The SMILES string of the molecule is NS(=O)(=O)c1ccc(CNC(=O)C2CCCN(c3cc(-n4cncn4)ncn3)C2)cc1. The van der Waals surface area contributed by atoms with E-state index in [4.69, 9.17) is 5.14 Å². The van der Waals surface area contributed by atoms with E-state index < -0.39 is 10.0 Å². The van der Waals surface area contributed by atoms with Gasteiger partial charge in [0.1, 0.15) is 24.8 Å². The van der Waals surface area contributed by atoms with Crippen LogP contribution < -0.4 is 15.4 Å². The number of sulfonamides is 1. The maximum atomic E-state index is 12.7. The van der Waals surface area contributed by atoms with Gasteiger partial charge in [-0.1, -0.05) is 12.1 Å². The van der Waals surface area contributed by atoms with Gasteiger partial charge in [0, 0.05) is 25.7 Å². The summed E-state index contributed by atoms with van der Waals surface area (Å²) in [5.41, 5.74) is 0.793. The molecule has 1 unspecified atom stereocenters. The minimum absolute atomic E-state index is 0.0422. The fourth-order valence-corrected chi connectivity index (χ4v) is 4.01. The third kappa shape index (κ3) is 5.03. The summed E-state index contributed by atoms with van der Waals surface area (Å²) in [6.07, 6.45) is 6.12. The van der Waals surface area contributed by atoms with Gasteiger partial charge >= 0.3 is 0 Å². The topological polar surface area (TPSA) is 149 Å². The lowest BCUT2D eigenvalue weighted by atomic mass is 9.97. The molecule has 3 heterocycles. The number of carbonyl (C=O) groups excluding carboxylic acids is 1. The Morgan fingerprint density at radius 3 is 2.65 bits per heavy atom. The Bertz CT molecular complexity index is 1150. The standard InChI is InChI=1S/C19H22N8O3S/c20-31(29,30)16-5-3-14(4-6-16)9-22-19(28)15-2-1-7-26(10-15)17-8-18(24-12-23-17)27-13-21-11-25-27/h3-6,8,11-13,15H,1-2,7,9-10H2,(H,22,28)(H2,20,29,30). The molecule has 2 aromatic heterocycles. The van der Waals surface area contributed by atoms with E-state index in [1.807, 2.05) is 6.07 Å². The van der Waals surface area contributed by atoms with Crippen LogP contribution in [0.4, 0.5) is 5.82 Å². The Balaban J connectivity index is 1.37. The first kappa shape index (κ1) is 20.9. The Morgan fingerprint density at radius 1 is 1.16 bits per heavy atom. The molecule has 3 N–H and O–H groups in total. The number of anilines is 1. The van der Waals surface area contributed by atoms with Crippen molar-refractivity contribution in [3.63, 3.8) is 0 Å². The number of hydrogen-bond donors (Lipinski definition) is 2. The Hall–Kier alpha value is -3.38. The highest BCUT2D eigenvalue weighted by atomic mass is 32.2. The van der Waals surface area contributed by atoms with Crippen molar-refractivity contribution in [3.8, 4) is 5.82 Å². The van der Waals surface area contributed by atoms with Gasteiger partial charge in [0.2, 0.25) is 15.9 Å². The highest BCUT2D eigenvalue weighted by Gasteiger charge is 2.26. The molecule has 1 aliphatic heterocycles. The van der Waals surface area contributed by atoms with Crippen LogP contribution in [0.3, 0.4) is 0 Å². The molecule has 11 nitrogen and oxygen atoms in total. The second-order valence-electron chi connectivity index (χ2n) is 7.27. The number of amides is 1. The molecule has 0 radical (unpaired) electrons. The quantitative estimate of drug-likeness (QED) is 0.551. The maximum absolute atomic E-state index is 12.7. The van der Waals surface area contributed by atoms with E-state index in [2.05, 4.69) is 30.3 Å². The van der Waals surface area contributed by atoms with Gasteiger partial charge in [-0.3, -0.25) is 4.79 Å². The van der Waals surface area contributed by atoms with Gasteiger partial charge < -0.3 is 10.2 Å². The number of nitrogens with one attached hydrogen (secondary N) is 1. The summed E-state index contributed by atoms with van der Waals surface area (Å²) in [6, 6.07) is 7.96. The lowest BCUT2D eigenvalue weighted by molar-refractivity contribution is -0.125. The van der Waals surface area contributed by atoms with Crippen LogP contribution in [-0.2, 0) is 21.4 Å². The van der Waals surface area contributed by atoms with E-state index in [9.17, 15) is 13.2 Å². The van der Waals surface area contributed by atoms with Gasteiger partial charge in [0.05, 0.1) is 10.8 Å². The van der Waals surface area contributed by atoms with E-state index in [0.717, 1.165) is 30.8 Å². The van der Waals surface area contributed by atoms with Crippen molar-refractivity contribution >= 4 is 21.7 Å². The van der Waals surface area contributed by atoms with Crippen LogP contribution in [0.25, 0.3) is 5.82 Å². The van der Waals surface area contributed by atoms with Crippen LogP contribution in [0.15, 0.2) is 54.2 Å². The summed E-state index contributed by atoms with van der Waals surface area (Å²) in [5, 5.41) is 12.1. The molecule has 1 atom stereocenters. The second kappa shape index (κ2) is 8.78. The van der Waals surface area contributed by atoms with Crippen LogP contribution in [0, 0.1) is 5.92 Å². The van der Waals surface area contributed by atoms with Gasteiger partial charge in [-0.05, 0) is 30.5 Å². The van der Waals surface area contributed by atoms with E-state index in [1.165, 1.54) is 24.8 Å². The molecular formula is C19H22N8O3S. The molecule has 1 saturated heterocycles. The van der Waals surface area contributed by atoms with Crippen molar-refractivity contribution in [3.05, 3.63) is 54.9 Å². The number of nitrogens with two attached hydrogens (primary N) is 1. The van der Waals surface area contributed by atoms with Crippen molar-refractivity contribution in [1.82, 2.24) is 30.0 Å². The highest BCUT2D eigenvalue weighted by Crippen LogP contribution is 2.22. The molecule has 1 aromatic carbocycles. The number of piperidine rings is 1. The number of carbonyl (C=O) groups is 1. The maximum Gasteiger partial charge on any atom is 0.238 e. The highest BCUT2D eigenvalue weighted by molar-refractivity contribution is 7.89. The summed E-state index contributed by atoms with van der Waals surface area (Å²) in [7, 11) is -3.73. The summed E-state index contributed by atoms with van der Waals surface area (Å²) >= 11 is 0. The van der Waals surface area contributed by atoms with Crippen LogP contribution in [0.1, 0.15) is 18.4 Å². The van der Waals surface area contributed by atoms with Crippen molar-refractivity contribution < 1.29 is 13.2 Å². The predicted molar refractivity (Wildman–Crippen MR) is 112 cm³/mol. The minimum atomic E-state index is -3.73. The molecule has 162 valence electrons. The number of benzene rings is 1. The Morgan fingerprint density at radius 2 is 1.94 bits per heavy atom. The van der Waals surface area contributed by atoms with Crippen LogP contribution in [0.2, 0.25) is 0 Å². The van der Waals surface area contributed by atoms with Gasteiger partial charge in [-0.15, -0.1) is 0 Å². The van der Waals surface area contributed by atoms with Crippen molar-refractivity contribution in [2.24, 2.45) is 11.1 Å². The summed E-state index contributed by atoms with van der Waals surface area (Å²) < 4.78 is 24.2. The first-order valence-electron chi connectivity index (χ1n) is 9.71. The summed E-state index contributed by atoms with van der Waals surface area (Å²) in [4.78, 5) is 27.3. The van der Waals surface area contributed by atoms with Crippen LogP contribution in [-0.4, -0.2) is 52.1 Å². The van der Waals surface area contributed by atoms with E-state index >= 15 is 0 Å². The molecule has 31 heavy (non-hydrogen) atoms. The largest absolute Gasteiger partial charge is 0.356 e. The summed E-state index contributed by atoms with van der Waals surface area (Å²) in [5.74, 6) is 1.11. The number of hydrogen-bond acceptors (Lipinski definition) is 8. The average Bonchev–Trinajstić information content (AvgIpc) is 3.32. The number of aromatic nitrogens is 5. The monoisotopic (exact) mass is 442 g/mol. The second-order valence-corrected chi connectivity index (χ2v) is 8.83. The van der Waals surface area contributed by atoms with E-state index in [1.54, 1.807) is 23.1 Å². The number of rotatable bonds is 6. The van der Waals surface area contributed by atoms with Crippen LogP contribution in [0.5, 0.6) is 0 Å². The molecule has 1 fully saturated rings. The molecule has 0 saturated carbocycles. The van der Waals surface area contributed by atoms with Crippen molar-refractivity contribution in [2.45, 2.75) is 24.3 Å². The first-order chi connectivity index (χ1) is 14.9. The number of primary sulfonamides is 1. The zero-order chi connectivity index (χ0) is 21.8. The van der Waals surface area contributed by atoms with E-state index in [-0.39, 0.29) is 16.7 Å². The van der Waals surface area contributed by atoms with Gasteiger partial charge in [-0.25, -0.2) is 33.2 Å². The third-order valence-electron chi connectivity index (χ3n) is 5.13. The Labute approximate surface area is 179 Å². The lowest BCUT2D eigenvalue weighted by Gasteiger charge is -2.32. The fraction of sp³-hybridized carbons (Fsp3) is 0.316. The molecule has 4 rings (SSSR count). The Kier molecular flexibility index (Phi) is 5.91. The van der Waals surface area contributed by atoms with Crippen molar-refractivity contribution in [2.75, 3.05) is 18.0 Å². The molecule has 1 amide bonds. The molecule has 3 aromatic rings. The molecule has 0 aliphatic carbocycles. The zero-order valence-corrected chi connectivity index (χ0v) is 17.4. The third-order valence-corrected chi connectivity index (χ3v) is 6.06. The fourth-order valence-electron chi connectivity index (χ4n) is 3.49. The average molecular weight is 443 g/mol. The van der Waals surface area contributed by atoms with Crippen molar-refractivity contribution in [1.29, 1.82) is 0 Å². The van der Waals surface area contributed by atoms with Gasteiger partial charge in [0.25, 0.3) is 0 Å². The van der Waals surface area contributed by atoms with E-state index in [0.29, 0.717) is 18.9 Å². The normalized spacial score (nSPS) is 16.8. The molecular weight excluding hydrogens is 420 g/mol. The number of nitrogens with zero attached hydrogens (tertiary/aromatic N) is 6. The molecule has 0 spiro atoms. The van der Waals surface area contributed by atoms with Gasteiger partial charge in [0.15, 0.2) is 5.82 Å². The predicted octanol–water partition coefficient (Wildman–Crippen LogP) is 0.237. The minimum Gasteiger partial charge on any atom is -0.356 e. The summed E-state index contributed by atoms with van der Waals surface area (Å²) in [6.45, 7) is 1.65. The smallest absolute Gasteiger partial charge is 0.238 e. The van der Waals surface area contributed by atoms with Crippen LogP contribution >= 0.6 is 0 Å². The van der Waals surface area contributed by atoms with Gasteiger partial charge in [-0.2, -0.15) is 5.10 Å².